The van der Waals surface area contributed by atoms with E-state index in [1.165, 1.54) is 0 Å². The minimum atomic E-state index is 0.160. The normalized spacial score (nSPS) is 16.3. The van der Waals surface area contributed by atoms with E-state index in [0.29, 0.717) is 17.8 Å². The minimum Gasteiger partial charge on any atom is -0.495 e. The Kier molecular flexibility index (Phi) is 9.16. The van der Waals surface area contributed by atoms with E-state index in [9.17, 15) is 0 Å². The van der Waals surface area contributed by atoms with Gasteiger partial charge in [0.25, 0.3) is 0 Å². The number of hydrogen-bond donors (Lipinski definition) is 0. The van der Waals surface area contributed by atoms with Crippen molar-refractivity contribution in [2.75, 3.05) is 7.11 Å². The molecule has 0 bridgehead atoms. The van der Waals surface area contributed by atoms with Crippen LogP contribution in [0.15, 0.2) is 11.8 Å². The summed E-state index contributed by atoms with van der Waals surface area (Å²) in [6, 6.07) is 0. The molecule has 114 valence electrons. The molecule has 2 heteroatoms. The molecule has 0 aliphatic carbocycles. The molecular weight excluding hydrogens is 236 g/mol. The van der Waals surface area contributed by atoms with Gasteiger partial charge in [0.15, 0.2) is 0 Å². The number of allylic oxidation sites excluding steroid dienone is 1. The van der Waals surface area contributed by atoms with E-state index in [-0.39, 0.29) is 12.2 Å². The monoisotopic (exact) mass is 270 g/mol. The van der Waals surface area contributed by atoms with Gasteiger partial charge in [-0.05, 0) is 37.2 Å². The summed E-state index contributed by atoms with van der Waals surface area (Å²) >= 11 is 0. The van der Waals surface area contributed by atoms with E-state index >= 15 is 0 Å². The molecule has 0 heterocycles. The average Bonchev–Trinajstić information content (AvgIpc) is 2.26. The first-order valence-electron chi connectivity index (χ1n) is 7.66. The first kappa shape index (κ1) is 18.5. The summed E-state index contributed by atoms with van der Waals surface area (Å²) in [6.07, 6.45) is 4.61. The summed E-state index contributed by atoms with van der Waals surface area (Å²) in [7, 11) is 1.78. The van der Waals surface area contributed by atoms with Crippen LogP contribution in [0, 0.1) is 17.8 Å². The Morgan fingerprint density at radius 3 is 1.89 bits per heavy atom. The summed E-state index contributed by atoms with van der Waals surface area (Å²) < 4.78 is 11.7. The van der Waals surface area contributed by atoms with Crippen LogP contribution in [0.3, 0.4) is 0 Å². The predicted octanol–water partition coefficient (Wildman–Crippen LogP) is 5.04. The van der Waals surface area contributed by atoms with Crippen molar-refractivity contribution in [2.45, 2.75) is 73.5 Å². The van der Waals surface area contributed by atoms with Crippen LogP contribution in [-0.4, -0.2) is 19.3 Å². The Morgan fingerprint density at radius 1 is 0.947 bits per heavy atom. The van der Waals surface area contributed by atoms with Crippen LogP contribution in [0.4, 0.5) is 0 Å². The molecule has 0 saturated carbocycles. The fraction of sp³-hybridized carbons (Fsp3) is 0.882. The fourth-order valence-electron chi connectivity index (χ4n) is 1.84. The van der Waals surface area contributed by atoms with E-state index in [1.54, 1.807) is 7.11 Å². The van der Waals surface area contributed by atoms with Gasteiger partial charge >= 0.3 is 0 Å². The van der Waals surface area contributed by atoms with Crippen molar-refractivity contribution in [3.05, 3.63) is 11.8 Å². The molecule has 19 heavy (non-hydrogen) atoms. The highest BCUT2D eigenvalue weighted by molar-refractivity contribution is 5.00. The molecule has 0 N–H and O–H groups in total. The zero-order valence-electron chi connectivity index (χ0n) is 14.2. The Morgan fingerprint density at radius 2 is 1.53 bits per heavy atom. The van der Waals surface area contributed by atoms with Crippen molar-refractivity contribution in [3.8, 4) is 0 Å². The van der Waals surface area contributed by atoms with Gasteiger partial charge in [-0.25, -0.2) is 0 Å². The molecule has 1 unspecified atom stereocenters. The van der Waals surface area contributed by atoms with Gasteiger partial charge in [0.05, 0.1) is 18.0 Å². The summed E-state index contributed by atoms with van der Waals surface area (Å²) in [5.41, 5.74) is 0. The molecule has 2 nitrogen and oxygen atoms in total. The van der Waals surface area contributed by atoms with E-state index in [0.717, 1.165) is 18.6 Å². The number of rotatable bonds is 9. The second-order valence-corrected chi connectivity index (χ2v) is 6.70. The Balaban J connectivity index is 4.78. The summed E-state index contributed by atoms with van der Waals surface area (Å²) in [6.45, 7) is 15.4. The van der Waals surface area contributed by atoms with Crippen LogP contribution in [0.1, 0.15) is 61.3 Å². The molecule has 0 aliphatic heterocycles. The SMILES string of the molecule is COC(/C=C(/CC(C)C)O[C@@H](C)C(C)C)CC(C)C. The Bertz CT molecular complexity index is 254. The maximum atomic E-state index is 6.12. The molecule has 0 aromatic rings. The average molecular weight is 270 g/mol. The predicted molar refractivity (Wildman–Crippen MR) is 83.2 cm³/mol. The lowest BCUT2D eigenvalue weighted by molar-refractivity contribution is 0.0717. The van der Waals surface area contributed by atoms with E-state index in [4.69, 9.17) is 9.47 Å². The standard InChI is InChI=1S/C17H34O2/c1-12(2)9-16(18-8)11-17(10-13(3)4)19-15(7)14(5)6/h11-16H,9-10H2,1-8H3/b17-11-/t15-,16?/m0/s1. The minimum absolute atomic E-state index is 0.160. The Hall–Kier alpha value is -0.500. The van der Waals surface area contributed by atoms with Gasteiger partial charge in [0.2, 0.25) is 0 Å². The highest BCUT2D eigenvalue weighted by atomic mass is 16.5. The second kappa shape index (κ2) is 9.41. The third-order valence-corrected chi connectivity index (χ3v) is 3.26. The molecule has 0 aromatic carbocycles. The highest BCUT2D eigenvalue weighted by Gasteiger charge is 2.15. The van der Waals surface area contributed by atoms with Crippen LogP contribution < -0.4 is 0 Å². The van der Waals surface area contributed by atoms with Gasteiger partial charge in [-0.1, -0.05) is 41.5 Å². The summed E-state index contributed by atoms with van der Waals surface area (Å²) in [5, 5.41) is 0. The quantitative estimate of drug-likeness (QED) is 0.546. The maximum Gasteiger partial charge on any atom is 0.0977 e. The van der Waals surface area contributed by atoms with Gasteiger partial charge in [0.1, 0.15) is 0 Å². The second-order valence-electron chi connectivity index (χ2n) is 6.70. The molecule has 0 saturated heterocycles. The van der Waals surface area contributed by atoms with Gasteiger partial charge in [0, 0.05) is 13.5 Å². The molecule has 0 fully saturated rings. The van der Waals surface area contributed by atoms with Crippen molar-refractivity contribution >= 4 is 0 Å². The van der Waals surface area contributed by atoms with Crippen LogP contribution in [0.25, 0.3) is 0 Å². The molecule has 0 radical (unpaired) electrons. The molecule has 2 atom stereocenters. The lowest BCUT2D eigenvalue weighted by Crippen LogP contribution is -2.18. The first-order chi connectivity index (χ1) is 8.76. The molecule has 0 amide bonds. The molecule has 0 rings (SSSR count). The van der Waals surface area contributed by atoms with E-state index < -0.39 is 0 Å². The van der Waals surface area contributed by atoms with Crippen molar-refractivity contribution in [1.82, 2.24) is 0 Å². The van der Waals surface area contributed by atoms with Crippen LogP contribution in [0.5, 0.6) is 0 Å². The molecule has 0 aromatic heterocycles. The largest absolute Gasteiger partial charge is 0.495 e. The van der Waals surface area contributed by atoms with Crippen molar-refractivity contribution < 1.29 is 9.47 Å². The summed E-state index contributed by atoms with van der Waals surface area (Å²) in [4.78, 5) is 0. The van der Waals surface area contributed by atoms with Crippen molar-refractivity contribution in [1.29, 1.82) is 0 Å². The van der Waals surface area contributed by atoms with Crippen molar-refractivity contribution in [2.24, 2.45) is 17.8 Å². The van der Waals surface area contributed by atoms with Crippen LogP contribution >= 0.6 is 0 Å². The zero-order valence-corrected chi connectivity index (χ0v) is 14.2. The van der Waals surface area contributed by atoms with Gasteiger partial charge in [-0.15, -0.1) is 0 Å². The topological polar surface area (TPSA) is 18.5 Å². The fourth-order valence-corrected chi connectivity index (χ4v) is 1.84. The molecule has 0 aliphatic rings. The zero-order chi connectivity index (χ0) is 15.0. The van der Waals surface area contributed by atoms with Gasteiger partial charge in [-0.3, -0.25) is 0 Å². The number of ether oxygens (including phenoxy) is 2. The molecular formula is C17H34O2. The van der Waals surface area contributed by atoms with Gasteiger partial charge in [-0.2, -0.15) is 0 Å². The smallest absolute Gasteiger partial charge is 0.0977 e. The highest BCUT2D eigenvalue weighted by Crippen LogP contribution is 2.20. The van der Waals surface area contributed by atoms with Crippen molar-refractivity contribution in [3.63, 3.8) is 0 Å². The number of hydrogen-bond acceptors (Lipinski definition) is 2. The van der Waals surface area contributed by atoms with E-state index in [1.807, 2.05) is 0 Å². The molecule has 0 spiro atoms. The lowest BCUT2D eigenvalue weighted by atomic mass is 10.0. The number of methoxy groups -OCH3 is 1. The summed E-state index contributed by atoms with van der Waals surface area (Å²) in [5.74, 6) is 2.84. The van der Waals surface area contributed by atoms with Crippen LogP contribution in [0.2, 0.25) is 0 Å². The third kappa shape index (κ3) is 9.10. The maximum absolute atomic E-state index is 6.12. The third-order valence-electron chi connectivity index (χ3n) is 3.26. The first-order valence-corrected chi connectivity index (χ1v) is 7.66. The lowest BCUT2D eigenvalue weighted by Gasteiger charge is -2.23. The van der Waals surface area contributed by atoms with Crippen LogP contribution in [-0.2, 0) is 9.47 Å². The Labute approximate surface area is 120 Å². The van der Waals surface area contributed by atoms with E-state index in [2.05, 4.69) is 54.5 Å². The van der Waals surface area contributed by atoms with Gasteiger partial charge < -0.3 is 9.47 Å².